The molecule has 1 amide bonds. The van der Waals surface area contributed by atoms with Crippen LogP contribution in [0.1, 0.15) is 6.92 Å². The first-order valence-electron chi connectivity index (χ1n) is 9.69. The number of hydrogen-bond acceptors (Lipinski definition) is 6. The molecule has 3 aromatic carbocycles. The van der Waals surface area contributed by atoms with Crippen molar-refractivity contribution in [3.63, 3.8) is 0 Å². The second-order valence-electron chi connectivity index (χ2n) is 6.78. The van der Waals surface area contributed by atoms with E-state index in [1.807, 2.05) is 0 Å². The fourth-order valence-electron chi connectivity index (χ4n) is 2.75. The Hall–Kier alpha value is -3.72. The largest absolute Gasteiger partial charge is 0.497 e. The molecule has 3 aromatic rings. The maximum atomic E-state index is 12.6. The van der Waals surface area contributed by atoms with Crippen molar-refractivity contribution in [1.82, 2.24) is 0 Å². The highest BCUT2D eigenvalue weighted by Crippen LogP contribution is 2.21. The van der Waals surface area contributed by atoms with Gasteiger partial charge in [-0.25, -0.2) is 8.42 Å². The van der Waals surface area contributed by atoms with Gasteiger partial charge in [0.25, 0.3) is 15.9 Å². The van der Waals surface area contributed by atoms with Crippen LogP contribution < -0.4 is 24.2 Å². The van der Waals surface area contributed by atoms with Gasteiger partial charge in [0.15, 0.2) is 6.10 Å². The summed E-state index contributed by atoms with van der Waals surface area (Å²) in [7, 11) is -0.679. The SMILES string of the molecule is COc1ccc(NS(=O)(=O)c2ccc(NC(=O)[C@H](C)Oc3ccc(OC)cc3)cc2)cc1. The molecular formula is C23H24N2O6S. The fraction of sp³-hybridized carbons (Fsp3) is 0.174. The van der Waals surface area contributed by atoms with Gasteiger partial charge in [0, 0.05) is 11.4 Å². The summed E-state index contributed by atoms with van der Waals surface area (Å²) < 4.78 is 43.5. The maximum Gasteiger partial charge on any atom is 0.265 e. The number of amides is 1. The van der Waals surface area contributed by atoms with Crippen LogP contribution in [0.3, 0.4) is 0 Å². The molecule has 0 heterocycles. The molecule has 0 spiro atoms. The lowest BCUT2D eigenvalue weighted by molar-refractivity contribution is -0.122. The summed E-state index contributed by atoms with van der Waals surface area (Å²) >= 11 is 0. The van der Waals surface area contributed by atoms with E-state index in [4.69, 9.17) is 14.2 Å². The Morgan fingerprint density at radius 2 is 1.22 bits per heavy atom. The van der Waals surface area contributed by atoms with Crippen molar-refractivity contribution in [3.05, 3.63) is 72.8 Å². The van der Waals surface area contributed by atoms with E-state index in [1.165, 1.54) is 31.4 Å². The standard InChI is InChI=1S/C23H24N2O6S/c1-16(31-21-12-10-20(30-3)11-13-21)23(26)24-17-6-14-22(15-7-17)32(27,28)25-18-4-8-19(29-2)9-5-18/h4-16,25H,1-3H3,(H,24,26)/t16-/m0/s1. The van der Waals surface area contributed by atoms with Crippen LogP contribution in [0, 0.1) is 0 Å². The lowest BCUT2D eigenvalue weighted by Gasteiger charge is -2.15. The van der Waals surface area contributed by atoms with E-state index in [0.717, 1.165) is 0 Å². The lowest BCUT2D eigenvalue weighted by Crippen LogP contribution is -2.30. The van der Waals surface area contributed by atoms with E-state index in [-0.39, 0.29) is 10.8 Å². The molecule has 0 fully saturated rings. The minimum Gasteiger partial charge on any atom is -0.497 e. The highest BCUT2D eigenvalue weighted by molar-refractivity contribution is 7.92. The number of anilines is 2. The van der Waals surface area contributed by atoms with E-state index >= 15 is 0 Å². The van der Waals surface area contributed by atoms with Crippen LogP contribution in [0.2, 0.25) is 0 Å². The monoisotopic (exact) mass is 456 g/mol. The minimum absolute atomic E-state index is 0.0637. The van der Waals surface area contributed by atoms with Crippen LogP contribution in [0.4, 0.5) is 11.4 Å². The molecule has 8 nitrogen and oxygen atoms in total. The summed E-state index contributed by atoms with van der Waals surface area (Å²) in [5.74, 6) is 1.47. The summed E-state index contributed by atoms with van der Waals surface area (Å²) in [6.45, 7) is 1.62. The first-order valence-corrected chi connectivity index (χ1v) is 11.2. The summed E-state index contributed by atoms with van der Waals surface area (Å²) in [6, 6.07) is 19.3. The molecule has 0 aliphatic heterocycles. The average Bonchev–Trinajstić information content (AvgIpc) is 2.80. The molecule has 32 heavy (non-hydrogen) atoms. The summed E-state index contributed by atoms with van der Waals surface area (Å²) in [4.78, 5) is 12.5. The molecule has 0 saturated heterocycles. The number of hydrogen-bond donors (Lipinski definition) is 2. The van der Waals surface area contributed by atoms with Crippen molar-refractivity contribution < 1.29 is 27.4 Å². The van der Waals surface area contributed by atoms with Crippen LogP contribution in [0.5, 0.6) is 17.2 Å². The van der Waals surface area contributed by atoms with Crippen LogP contribution in [-0.2, 0) is 14.8 Å². The third-order valence-electron chi connectivity index (χ3n) is 4.52. The van der Waals surface area contributed by atoms with Crippen LogP contribution in [-0.4, -0.2) is 34.6 Å². The zero-order valence-corrected chi connectivity index (χ0v) is 18.7. The van der Waals surface area contributed by atoms with Crippen LogP contribution >= 0.6 is 0 Å². The third-order valence-corrected chi connectivity index (χ3v) is 5.91. The number of ether oxygens (including phenoxy) is 3. The summed E-state index contributed by atoms with van der Waals surface area (Å²) in [5, 5.41) is 2.71. The number of carbonyl (C=O) groups excluding carboxylic acids is 1. The molecule has 0 saturated carbocycles. The Labute approximate surface area is 187 Å². The first kappa shape index (κ1) is 23.0. The average molecular weight is 457 g/mol. The van der Waals surface area contributed by atoms with Gasteiger partial charge in [-0.05, 0) is 79.7 Å². The van der Waals surface area contributed by atoms with Crippen molar-refractivity contribution >= 4 is 27.3 Å². The van der Waals surface area contributed by atoms with Gasteiger partial charge in [0.2, 0.25) is 0 Å². The normalized spacial score (nSPS) is 11.8. The van der Waals surface area contributed by atoms with Crippen molar-refractivity contribution in [3.8, 4) is 17.2 Å². The van der Waals surface area contributed by atoms with Gasteiger partial charge >= 0.3 is 0 Å². The van der Waals surface area contributed by atoms with Gasteiger partial charge in [-0.1, -0.05) is 0 Å². The predicted molar refractivity (Wildman–Crippen MR) is 122 cm³/mol. The molecule has 0 aliphatic carbocycles. The second-order valence-corrected chi connectivity index (χ2v) is 8.47. The Kier molecular flexibility index (Phi) is 7.21. The maximum absolute atomic E-state index is 12.6. The number of nitrogens with one attached hydrogen (secondary N) is 2. The van der Waals surface area contributed by atoms with Crippen molar-refractivity contribution in [2.24, 2.45) is 0 Å². The second kappa shape index (κ2) is 10.1. The number of methoxy groups -OCH3 is 2. The van der Waals surface area contributed by atoms with E-state index < -0.39 is 16.1 Å². The van der Waals surface area contributed by atoms with Crippen LogP contribution in [0.15, 0.2) is 77.7 Å². The Morgan fingerprint density at radius 3 is 1.75 bits per heavy atom. The Morgan fingerprint density at radius 1 is 0.750 bits per heavy atom. The fourth-order valence-corrected chi connectivity index (χ4v) is 3.81. The molecule has 0 unspecified atom stereocenters. The van der Waals surface area contributed by atoms with Crippen LogP contribution in [0.25, 0.3) is 0 Å². The minimum atomic E-state index is -3.78. The van der Waals surface area contributed by atoms with E-state index in [0.29, 0.717) is 28.6 Å². The molecule has 1 atom stereocenters. The molecule has 0 aliphatic rings. The molecule has 9 heteroatoms. The lowest BCUT2D eigenvalue weighted by atomic mass is 10.3. The molecule has 2 N–H and O–H groups in total. The molecule has 3 rings (SSSR count). The number of carbonyl (C=O) groups is 1. The quantitative estimate of drug-likeness (QED) is 0.506. The molecule has 0 radical (unpaired) electrons. The van der Waals surface area contributed by atoms with Gasteiger partial charge in [0.1, 0.15) is 17.2 Å². The third kappa shape index (κ3) is 5.92. The zero-order chi connectivity index (χ0) is 23.1. The Balaban J connectivity index is 1.60. The van der Waals surface area contributed by atoms with Crippen molar-refractivity contribution in [2.75, 3.05) is 24.3 Å². The van der Waals surface area contributed by atoms with Gasteiger partial charge in [-0.2, -0.15) is 0 Å². The highest BCUT2D eigenvalue weighted by atomic mass is 32.2. The molecule has 0 aromatic heterocycles. The van der Waals surface area contributed by atoms with E-state index in [1.54, 1.807) is 62.6 Å². The molecule has 0 bridgehead atoms. The van der Waals surface area contributed by atoms with E-state index in [2.05, 4.69) is 10.0 Å². The first-order chi connectivity index (χ1) is 15.3. The molecular weight excluding hydrogens is 432 g/mol. The Bertz CT molecular complexity index is 1140. The smallest absolute Gasteiger partial charge is 0.265 e. The topological polar surface area (TPSA) is 103 Å². The summed E-state index contributed by atoms with van der Waals surface area (Å²) in [6.07, 6.45) is -0.761. The number of benzene rings is 3. The van der Waals surface area contributed by atoms with Crippen molar-refractivity contribution in [1.29, 1.82) is 0 Å². The van der Waals surface area contributed by atoms with Gasteiger partial charge in [-0.15, -0.1) is 0 Å². The zero-order valence-electron chi connectivity index (χ0n) is 17.9. The summed E-state index contributed by atoms with van der Waals surface area (Å²) in [5.41, 5.74) is 0.858. The van der Waals surface area contributed by atoms with Gasteiger partial charge < -0.3 is 19.5 Å². The molecule has 168 valence electrons. The predicted octanol–water partition coefficient (Wildman–Crippen LogP) is 3.91. The number of sulfonamides is 1. The van der Waals surface area contributed by atoms with Gasteiger partial charge in [0.05, 0.1) is 19.1 Å². The van der Waals surface area contributed by atoms with Crippen molar-refractivity contribution in [2.45, 2.75) is 17.9 Å². The van der Waals surface area contributed by atoms with E-state index in [9.17, 15) is 13.2 Å². The number of rotatable bonds is 9. The van der Waals surface area contributed by atoms with Gasteiger partial charge in [-0.3, -0.25) is 9.52 Å². The highest BCUT2D eigenvalue weighted by Gasteiger charge is 2.17.